The van der Waals surface area contributed by atoms with E-state index in [9.17, 15) is 4.79 Å². The van der Waals surface area contributed by atoms with Crippen molar-refractivity contribution in [2.75, 3.05) is 0 Å². The van der Waals surface area contributed by atoms with Crippen LogP contribution >= 0.6 is 0 Å². The predicted octanol–water partition coefficient (Wildman–Crippen LogP) is 9.40. The molecule has 42 heavy (non-hydrogen) atoms. The first-order chi connectivity index (χ1) is 20.7. The molecule has 0 unspecified atom stereocenters. The highest BCUT2D eigenvalue weighted by atomic mass is 16.1. The van der Waals surface area contributed by atoms with E-state index in [2.05, 4.69) is 114 Å². The Labute approximate surface area is 243 Å². The van der Waals surface area contributed by atoms with Gasteiger partial charge in [0.05, 0.1) is 22.1 Å². The number of rotatable bonds is 4. The molecule has 2 heterocycles. The van der Waals surface area contributed by atoms with Crippen LogP contribution in [0.2, 0.25) is 0 Å². The fourth-order valence-corrected chi connectivity index (χ4v) is 6.07. The van der Waals surface area contributed by atoms with Crippen molar-refractivity contribution >= 4 is 27.5 Å². The summed E-state index contributed by atoms with van der Waals surface area (Å²) < 4.78 is 4.03. The first-order valence-electron chi connectivity index (χ1n) is 14.2. The van der Waals surface area contributed by atoms with E-state index in [-0.39, 0.29) is 5.56 Å². The van der Waals surface area contributed by atoms with Gasteiger partial charge in [0.25, 0.3) is 5.56 Å². The minimum absolute atomic E-state index is 0.0221. The SMILES string of the molecule is O=c1c2ccccc2n2c3ccccc3cc2n1-c1ccc(-c2cc(-c3ccccc3)cc(-c3ccccc3)c2)cc1. The Kier molecular flexibility index (Phi) is 5.61. The number of nitrogens with zero attached hydrogens (tertiary/aromatic N) is 2. The first kappa shape index (κ1) is 24.2. The van der Waals surface area contributed by atoms with Crippen LogP contribution in [0, 0.1) is 0 Å². The molecule has 0 aliphatic heterocycles. The highest BCUT2D eigenvalue weighted by molar-refractivity contribution is 5.93. The smallest absolute Gasteiger partial charge is 0.266 e. The van der Waals surface area contributed by atoms with Gasteiger partial charge >= 0.3 is 0 Å². The van der Waals surface area contributed by atoms with Gasteiger partial charge in [-0.15, -0.1) is 0 Å². The lowest BCUT2D eigenvalue weighted by Crippen LogP contribution is -2.21. The van der Waals surface area contributed by atoms with Crippen LogP contribution < -0.4 is 5.56 Å². The van der Waals surface area contributed by atoms with Crippen LogP contribution in [0.5, 0.6) is 0 Å². The molecular weight excluding hydrogens is 512 g/mol. The molecule has 0 atom stereocenters. The highest BCUT2D eigenvalue weighted by Crippen LogP contribution is 2.33. The van der Waals surface area contributed by atoms with Gasteiger partial charge in [-0.2, -0.15) is 0 Å². The fourth-order valence-electron chi connectivity index (χ4n) is 6.07. The Morgan fingerprint density at radius 2 is 0.905 bits per heavy atom. The average molecular weight is 539 g/mol. The molecule has 0 N–H and O–H groups in total. The van der Waals surface area contributed by atoms with E-state index in [0.717, 1.165) is 38.9 Å². The number of hydrogen-bond acceptors (Lipinski definition) is 1. The number of aromatic nitrogens is 2. The van der Waals surface area contributed by atoms with E-state index in [1.807, 2.05) is 53.1 Å². The summed E-state index contributed by atoms with van der Waals surface area (Å²) in [5.74, 6) is 0. The number of para-hydroxylation sites is 2. The summed E-state index contributed by atoms with van der Waals surface area (Å²) in [6, 6.07) is 54.3. The van der Waals surface area contributed by atoms with Crippen LogP contribution in [-0.2, 0) is 0 Å². The van der Waals surface area contributed by atoms with Gasteiger partial charge in [0.15, 0.2) is 0 Å². The van der Waals surface area contributed by atoms with E-state index in [1.54, 1.807) is 0 Å². The molecule has 0 fully saturated rings. The zero-order valence-corrected chi connectivity index (χ0v) is 22.8. The minimum Gasteiger partial charge on any atom is -0.295 e. The van der Waals surface area contributed by atoms with Gasteiger partial charge in [-0.1, -0.05) is 103 Å². The molecule has 198 valence electrons. The summed E-state index contributed by atoms with van der Waals surface area (Å²) in [5, 5.41) is 1.79. The second-order valence-corrected chi connectivity index (χ2v) is 10.6. The molecule has 8 aromatic rings. The van der Waals surface area contributed by atoms with Crippen molar-refractivity contribution in [3.8, 4) is 39.1 Å². The van der Waals surface area contributed by atoms with Gasteiger partial charge in [0.1, 0.15) is 5.65 Å². The van der Waals surface area contributed by atoms with Crippen molar-refractivity contribution in [1.82, 2.24) is 8.97 Å². The number of benzene rings is 6. The lowest BCUT2D eigenvalue weighted by molar-refractivity contribution is 1.01. The molecule has 3 heteroatoms. The van der Waals surface area contributed by atoms with Gasteiger partial charge in [-0.25, -0.2) is 0 Å². The van der Waals surface area contributed by atoms with E-state index < -0.39 is 0 Å². The second kappa shape index (κ2) is 9.76. The summed E-state index contributed by atoms with van der Waals surface area (Å²) in [5.41, 5.74) is 10.6. The summed E-state index contributed by atoms with van der Waals surface area (Å²) in [6.07, 6.45) is 0. The van der Waals surface area contributed by atoms with Crippen molar-refractivity contribution in [2.24, 2.45) is 0 Å². The van der Waals surface area contributed by atoms with Gasteiger partial charge in [-0.05, 0) is 88.0 Å². The van der Waals surface area contributed by atoms with Crippen molar-refractivity contribution in [3.05, 3.63) is 168 Å². The van der Waals surface area contributed by atoms with Crippen LogP contribution in [-0.4, -0.2) is 8.97 Å². The molecule has 8 rings (SSSR count). The van der Waals surface area contributed by atoms with Gasteiger partial charge < -0.3 is 0 Å². The molecule has 3 nitrogen and oxygen atoms in total. The normalized spacial score (nSPS) is 11.4. The Balaban J connectivity index is 1.31. The van der Waals surface area contributed by atoms with Crippen LogP contribution in [0.15, 0.2) is 163 Å². The monoisotopic (exact) mass is 538 g/mol. The number of fused-ring (bicyclic) bond motifs is 5. The Morgan fingerprint density at radius 3 is 1.52 bits per heavy atom. The second-order valence-electron chi connectivity index (χ2n) is 10.6. The molecule has 0 aliphatic rings. The predicted molar refractivity (Wildman–Crippen MR) is 174 cm³/mol. The van der Waals surface area contributed by atoms with Crippen molar-refractivity contribution in [1.29, 1.82) is 0 Å². The van der Waals surface area contributed by atoms with Crippen molar-refractivity contribution in [2.45, 2.75) is 0 Å². The lowest BCUT2D eigenvalue weighted by Gasteiger charge is -2.14. The molecule has 0 amide bonds. The van der Waals surface area contributed by atoms with E-state index in [1.165, 1.54) is 22.3 Å². The van der Waals surface area contributed by atoms with E-state index >= 15 is 0 Å². The Bertz CT molecular complexity index is 2240. The number of hydrogen-bond donors (Lipinski definition) is 0. The maximum absolute atomic E-state index is 13.9. The van der Waals surface area contributed by atoms with Crippen molar-refractivity contribution < 1.29 is 0 Å². The van der Waals surface area contributed by atoms with Crippen molar-refractivity contribution in [3.63, 3.8) is 0 Å². The quantitative estimate of drug-likeness (QED) is 0.219. The molecule has 0 aliphatic carbocycles. The van der Waals surface area contributed by atoms with Crippen LogP contribution in [0.1, 0.15) is 0 Å². The highest BCUT2D eigenvalue weighted by Gasteiger charge is 2.15. The molecular formula is C39H26N2O. The van der Waals surface area contributed by atoms with Gasteiger partial charge in [0, 0.05) is 5.39 Å². The summed E-state index contributed by atoms with van der Waals surface area (Å²) in [7, 11) is 0. The third-order valence-corrected chi connectivity index (χ3v) is 8.11. The summed E-state index contributed by atoms with van der Waals surface area (Å²) >= 11 is 0. The maximum atomic E-state index is 13.9. The third-order valence-electron chi connectivity index (χ3n) is 8.11. The zero-order valence-electron chi connectivity index (χ0n) is 22.8. The molecule has 0 spiro atoms. The lowest BCUT2D eigenvalue weighted by atomic mass is 9.93. The van der Waals surface area contributed by atoms with Gasteiger partial charge in [0.2, 0.25) is 0 Å². The average Bonchev–Trinajstić information content (AvgIpc) is 3.45. The van der Waals surface area contributed by atoms with Crippen LogP contribution in [0.25, 0.3) is 66.5 Å². The Hall–Kier alpha value is -5.67. The summed E-state index contributed by atoms with van der Waals surface area (Å²) in [4.78, 5) is 13.9. The molecule has 0 saturated heterocycles. The topological polar surface area (TPSA) is 26.4 Å². The molecule has 2 aromatic heterocycles. The molecule has 0 radical (unpaired) electrons. The van der Waals surface area contributed by atoms with E-state index in [4.69, 9.17) is 0 Å². The standard InChI is InChI=1S/C39H26N2O/c42-39-35-16-8-10-18-37(35)41-36-17-9-7-15-30(36)26-38(41)40(39)34-21-19-29(20-22-34)33-24-31(27-11-3-1-4-12-27)23-32(25-33)28-13-5-2-6-14-28/h1-26H. The van der Waals surface area contributed by atoms with Crippen LogP contribution in [0.4, 0.5) is 0 Å². The Morgan fingerprint density at radius 1 is 0.405 bits per heavy atom. The first-order valence-corrected chi connectivity index (χ1v) is 14.2. The fraction of sp³-hybridized carbons (Fsp3) is 0. The zero-order chi connectivity index (χ0) is 28.0. The molecule has 0 saturated carbocycles. The van der Waals surface area contributed by atoms with Crippen LogP contribution in [0.3, 0.4) is 0 Å². The molecule has 6 aromatic carbocycles. The summed E-state index contributed by atoms with van der Waals surface area (Å²) in [6.45, 7) is 0. The maximum Gasteiger partial charge on any atom is 0.266 e. The third kappa shape index (κ3) is 3.94. The van der Waals surface area contributed by atoms with E-state index in [0.29, 0.717) is 5.39 Å². The largest absolute Gasteiger partial charge is 0.295 e. The van der Waals surface area contributed by atoms with Gasteiger partial charge in [-0.3, -0.25) is 13.8 Å². The minimum atomic E-state index is -0.0221. The molecule has 0 bridgehead atoms.